The minimum absolute atomic E-state index is 0.693. The highest BCUT2D eigenvalue weighted by Crippen LogP contribution is 2.24. The summed E-state index contributed by atoms with van der Waals surface area (Å²) in [5.74, 6) is 0. The molecule has 0 saturated carbocycles. The van der Waals surface area contributed by atoms with Crippen molar-refractivity contribution < 1.29 is 0 Å². The van der Waals surface area contributed by atoms with Crippen LogP contribution in [0.25, 0.3) is 11.1 Å². The van der Waals surface area contributed by atoms with Gasteiger partial charge in [-0.25, -0.2) is 0 Å². The molecule has 1 atom stereocenters. The molecule has 2 rings (SSSR count). The molecule has 16 heavy (non-hydrogen) atoms. The van der Waals surface area contributed by atoms with Crippen LogP contribution in [0.5, 0.6) is 0 Å². The quantitative estimate of drug-likeness (QED) is 0.622. The lowest BCUT2D eigenvalue weighted by Gasteiger charge is -2.08. The molecule has 0 aliphatic rings. The molecular weight excluding hydrogens is 213 g/mol. The van der Waals surface area contributed by atoms with Crippen molar-refractivity contribution in [1.29, 1.82) is 0 Å². The third-order valence-corrected chi connectivity index (χ3v) is 3.83. The molecule has 0 amide bonds. The van der Waals surface area contributed by atoms with Crippen LogP contribution in [0, 0.1) is 0 Å². The predicted octanol–water partition coefficient (Wildman–Crippen LogP) is 2.84. The van der Waals surface area contributed by atoms with Gasteiger partial charge in [-0.15, -0.1) is 0 Å². The van der Waals surface area contributed by atoms with Crippen molar-refractivity contribution in [2.45, 2.75) is 0 Å². The highest BCUT2D eigenvalue weighted by Gasteiger charge is 2.01. The van der Waals surface area contributed by atoms with E-state index in [0.717, 1.165) is 5.69 Å². The zero-order chi connectivity index (χ0) is 11.5. The topological polar surface area (TPSA) is 26.0 Å². The van der Waals surface area contributed by atoms with Gasteiger partial charge in [0.25, 0.3) is 0 Å². The minimum atomic E-state index is -0.693. The van der Waals surface area contributed by atoms with Gasteiger partial charge < -0.3 is 5.73 Å². The fraction of sp³-hybridized carbons (Fsp3) is 0.0714. The van der Waals surface area contributed by atoms with Gasteiger partial charge in [0.1, 0.15) is 0 Å². The molecule has 2 aromatic carbocycles. The van der Waals surface area contributed by atoms with Crippen LogP contribution in [0.1, 0.15) is 0 Å². The monoisotopic (exact) mass is 229 g/mol. The van der Waals surface area contributed by atoms with E-state index in [1.807, 2.05) is 30.3 Å². The van der Waals surface area contributed by atoms with E-state index in [9.17, 15) is 0 Å². The molecule has 2 aromatic rings. The average Bonchev–Trinajstić information content (AvgIpc) is 2.29. The Morgan fingerprint density at radius 1 is 1.00 bits per heavy atom. The van der Waals surface area contributed by atoms with Gasteiger partial charge in [-0.3, -0.25) is 0 Å². The van der Waals surface area contributed by atoms with Gasteiger partial charge in [0, 0.05) is 5.69 Å². The summed E-state index contributed by atoms with van der Waals surface area (Å²) in [4.78, 5) is 0. The molecule has 2 N–H and O–H groups in total. The van der Waals surface area contributed by atoms with Gasteiger partial charge in [0.2, 0.25) is 0 Å². The zero-order valence-electron chi connectivity index (χ0n) is 9.40. The largest absolute Gasteiger partial charge is 0.399 e. The molecule has 1 nitrogen and oxygen atoms in total. The Balaban J connectivity index is 2.54. The SMILES string of the molecule is C=[PH](C)c1cc(N)cc(-c2ccccc2)c1. The molecule has 0 saturated heterocycles. The van der Waals surface area contributed by atoms with Gasteiger partial charge in [-0.1, -0.05) is 44.2 Å². The maximum absolute atomic E-state index is 5.92. The van der Waals surface area contributed by atoms with Crippen molar-refractivity contribution >= 4 is 24.8 Å². The number of nitrogen functional groups attached to an aromatic ring is 1. The van der Waals surface area contributed by atoms with Crippen LogP contribution in [0.3, 0.4) is 0 Å². The summed E-state index contributed by atoms with van der Waals surface area (Å²) in [5.41, 5.74) is 9.14. The number of rotatable bonds is 2. The Morgan fingerprint density at radius 2 is 1.69 bits per heavy atom. The van der Waals surface area contributed by atoms with Crippen molar-refractivity contribution in [3.05, 3.63) is 48.5 Å². The summed E-state index contributed by atoms with van der Waals surface area (Å²) in [5, 5.41) is 1.28. The van der Waals surface area contributed by atoms with Crippen LogP contribution in [0.4, 0.5) is 5.69 Å². The van der Waals surface area contributed by atoms with E-state index in [0.29, 0.717) is 0 Å². The molecular formula is C14H16NP. The molecule has 0 aliphatic heterocycles. The smallest absolute Gasteiger partial charge is 0.0326 e. The third kappa shape index (κ3) is 2.37. The van der Waals surface area contributed by atoms with Crippen molar-refractivity contribution in [3.63, 3.8) is 0 Å². The summed E-state index contributed by atoms with van der Waals surface area (Å²) in [6.45, 7) is 2.17. The molecule has 82 valence electrons. The number of benzene rings is 2. The molecule has 0 fully saturated rings. The second-order valence-corrected chi connectivity index (χ2v) is 6.13. The summed E-state index contributed by atoms with van der Waals surface area (Å²) in [6.07, 6.45) is 4.13. The fourth-order valence-corrected chi connectivity index (χ4v) is 2.51. The molecule has 0 aliphatic carbocycles. The van der Waals surface area contributed by atoms with Gasteiger partial charge in [0.15, 0.2) is 0 Å². The van der Waals surface area contributed by atoms with Crippen molar-refractivity contribution in [3.8, 4) is 11.1 Å². The Bertz CT molecular complexity index is 518. The van der Waals surface area contributed by atoms with E-state index >= 15 is 0 Å². The van der Waals surface area contributed by atoms with Gasteiger partial charge in [0.05, 0.1) is 0 Å². The first kappa shape index (κ1) is 11.0. The van der Waals surface area contributed by atoms with E-state index in [1.165, 1.54) is 16.4 Å². The van der Waals surface area contributed by atoms with Crippen LogP contribution in [-0.4, -0.2) is 13.0 Å². The van der Waals surface area contributed by atoms with E-state index in [2.05, 4.69) is 31.2 Å². The lowest BCUT2D eigenvalue weighted by atomic mass is 10.1. The van der Waals surface area contributed by atoms with E-state index in [1.54, 1.807) is 0 Å². The van der Waals surface area contributed by atoms with Crippen LogP contribution in [0.2, 0.25) is 0 Å². The predicted molar refractivity (Wildman–Crippen MR) is 77.3 cm³/mol. The Labute approximate surface area is 97.3 Å². The normalized spacial score (nSPS) is 12.3. The third-order valence-electron chi connectivity index (χ3n) is 2.56. The average molecular weight is 229 g/mol. The number of nitrogens with two attached hydrogens (primary N) is 1. The van der Waals surface area contributed by atoms with Crippen molar-refractivity contribution in [2.24, 2.45) is 0 Å². The molecule has 0 aromatic heterocycles. The first-order chi connectivity index (χ1) is 7.66. The first-order valence-electron chi connectivity index (χ1n) is 5.28. The van der Waals surface area contributed by atoms with E-state index in [-0.39, 0.29) is 0 Å². The zero-order valence-corrected chi connectivity index (χ0v) is 10.4. The number of hydrogen-bond donors (Lipinski definition) is 1. The molecule has 1 unspecified atom stereocenters. The Morgan fingerprint density at radius 3 is 2.31 bits per heavy atom. The van der Waals surface area contributed by atoms with E-state index in [4.69, 9.17) is 5.73 Å². The second kappa shape index (κ2) is 4.59. The van der Waals surface area contributed by atoms with Crippen molar-refractivity contribution in [2.75, 3.05) is 12.4 Å². The number of anilines is 1. The second-order valence-electron chi connectivity index (χ2n) is 3.99. The molecule has 0 bridgehead atoms. The van der Waals surface area contributed by atoms with Gasteiger partial charge >= 0.3 is 0 Å². The summed E-state index contributed by atoms with van der Waals surface area (Å²) in [6, 6.07) is 16.6. The van der Waals surface area contributed by atoms with Crippen LogP contribution >= 0.6 is 7.55 Å². The molecule has 0 radical (unpaired) electrons. The highest BCUT2D eigenvalue weighted by molar-refractivity contribution is 7.62. The van der Waals surface area contributed by atoms with Crippen LogP contribution in [-0.2, 0) is 0 Å². The van der Waals surface area contributed by atoms with Gasteiger partial charge in [-0.2, -0.15) is 0 Å². The first-order valence-corrected chi connectivity index (χ1v) is 7.49. The summed E-state index contributed by atoms with van der Waals surface area (Å²) >= 11 is 0. The van der Waals surface area contributed by atoms with Gasteiger partial charge in [-0.05, 0) is 41.3 Å². The highest BCUT2D eigenvalue weighted by atomic mass is 31.1. The molecule has 0 spiro atoms. The Kier molecular flexibility index (Phi) is 3.17. The molecule has 0 heterocycles. The minimum Gasteiger partial charge on any atom is -0.399 e. The molecule has 2 heteroatoms. The maximum atomic E-state index is 5.92. The Hall–Kier alpha value is -1.46. The summed E-state index contributed by atoms with van der Waals surface area (Å²) in [7, 11) is -0.693. The van der Waals surface area contributed by atoms with Crippen LogP contribution in [0.15, 0.2) is 48.5 Å². The lowest BCUT2D eigenvalue weighted by molar-refractivity contribution is 1.63. The standard InChI is InChI=1S/C14H16NP/c1-16(2)14-9-12(8-13(15)10-14)11-6-4-3-5-7-11/h3-10,16H,1,15H2,2H3. The number of hydrogen-bond acceptors (Lipinski definition) is 1. The lowest BCUT2D eigenvalue weighted by Crippen LogP contribution is -1.99. The fourth-order valence-electron chi connectivity index (χ4n) is 1.70. The summed E-state index contributed by atoms with van der Waals surface area (Å²) < 4.78 is 0. The maximum Gasteiger partial charge on any atom is 0.0326 e. The van der Waals surface area contributed by atoms with Crippen LogP contribution < -0.4 is 11.0 Å². The van der Waals surface area contributed by atoms with Crippen molar-refractivity contribution in [1.82, 2.24) is 0 Å². The van der Waals surface area contributed by atoms with E-state index < -0.39 is 7.55 Å².